The van der Waals surface area contributed by atoms with Crippen molar-refractivity contribution in [1.29, 1.82) is 0 Å². The van der Waals surface area contributed by atoms with E-state index in [1.165, 1.54) is 37.1 Å². The molecule has 2 aliphatic rings. The molecule has 4 rings (SSSR count). The maximum Gasteiger partial charge on any atom is 0.123 e. The Hall–Kier alpha value is -1.93. The summed E-state index contributed by atoms with van der Waals surface area (Å²) in [7, 11) is 1.75. The van der Waals surface area contributed by atoms with Gasteiger partial charge in [-0.2, -0.15) is 5.10 Å². The highest BCUT2D eigenvalue weighted by molar-refractivity contribution is 5.37. The highest BCUT2D eigenvalue weighted by Gasteiger charge is 2.20. The third-order valence-corrected chi connectivity index (χ3v) is 5.97. The van der Waals surface area contributed by atoms with Crippen molar-refractivity contribution in [2.45, 2.75) is 51.5 Å². The van der Waals surface area contributed by atoms with Gasteiger partial charge in [-0.3, -0.25) is 14.5 Å². The van der Waals surface area contributed by atoms with E-state index < -0.39 is 6.10 Å². The van der Waals surface area contributed by atoms with Gasteiger partial charge in [-0.15, -0.1) is 0 Å². The van der Waals surface area contributed by atoms with E-state index in [1.54, 1.807) is 7.11 Å². The lowest BCUT2D eigenvalue weighted by molar-refractivity contribution is 0.0916. The Morgan fingerprint density at radius 1 is 1.03 bits per heavy atom. The zero-order valence-electron chi connectivity index (χ0n) is 17.3. The summed E-state index contributed by atoms with van der Waals surface area (Å²) < 4.78 is 7.58. The van der Waals surface area contributed by atoms with Crippen LogP contribution in [0.2, 0.25) is 0 Å². The first-order chi connectivity index (χ1) is 14.2. The Balaban J connectivity index is 1.47. The minimum atomic E-state index is -0.905. The van der Waals surface area contributed by atoms with E-state index in [9.17, 15) is 10.2 Å². The summed E-state index contributed by atoms with van der Waals surface area (Å²) in [6.07, 6.45) is 2.69. The van der Waals surface area contributed by atoms with Crippen molar-refractivity contribution < 1.29 is 14.9 Å². The molecule has 0 bridgehead atoms. The van der Waals surface area contributed by atoms with Crippen LogP contribution in [0, 0.1) is 0 Å². The Kier molecular flexibility index (Phi) is 6.50. The van der Waals surface area contributed by atoms with Crippen LogP contribution < -0.4 is 4.74 Å². The smallest absolute Gasteiger partial charge is 0.123 e. The normalized spacial score (nSPS) is 19.1. The molecular formula is C22H32N4O3. The van der Waals surface area contributed by atoms with Gasteiger partial charge in [0.15, 0.2) is 0 Å². The first kappa shape index (κ1) is 20.3. The van der Waals surface area contributed by atoms with Crippen LogP contribution in [0.5, 0.6) is 5.75 Å². The average molecular weight is 401 g/mol. The average Bonchev–Trinajstić information content (AvgIpc) is 3.34. The number of benzene rings is 1. The Morgan fingerprint density at radius 3 is 2.59 bits per heavy atom. The molecule has 1 aromatic heterocycles. The molecule has 2 N–H and O–H groups in total. The standard InChI is InChI=1S/C22H32N4O3/c1-29-22-6-5-17(11-18(22)14-24-7-2-3-8-24)13-25-9-4-10-26-19(15-25)12-20(23-26)21(28)16-27/h5-6,11-12,21,27-28H,2-4,7-10,13-16H2,1H3/t21-/m0/s1. The molecule has 7 heteroatoms. The summed E-state index contributed by atoms with van der Waals surface area (Å²) in [6, 6.07) is 8.47. The predicted molar refractivity (Wildman–Crippen MR) is 111 cm³/mol. The maximum atomic E-state index is 9.89. The number of hydrogen-bond donors (Lipinski definition) is 2. The summed E-state index contributed by atoms with van der Waals surface area (Å²) in [4.78, 5) is 4.93. The quantitative estimate of drug-likeness (QED) is 0.740. The van der Waals surface area contributed by atoms with E-state index in [0.29, 0.717) is 5.69 Å². The molecule has 0 spiro atoms. The van der Waals surface area contributed by atoms with Crippen molar-refractivity contribution in [1.82, 2.24) is 19.6 Å². The van der Waals surface area contributed by atoms with E-state index in [0.717, 1.165) is 50.6 Å². The van der Waals surface area contributed by atoms with Crippen molar-refractivity contribution in [3.05, 3.63) is 46.8 Å². The van der Waals surface area contributed by atoms with Gasteiger partial charge < -0.3 is 14.9 Å². The van der Waals surface area contributed by atoms with E-state index in [2.05, 4.69) is 33.1 Å². The number of aromatic nitrogens is 2. The van der Waals surface area contributed by atoms with Gasteiger partial charge in [0, 0.05) is 38.3 Å². The predicted octanol–water partition coefficient (Wildman–Crippen LogP) is 1.92. The van der Waals surface area contributed by atoms with Crippen LogP contribution in [0.1, 0.15) is 47.9 Å². The SMILES string of the molecule is COc1ccc(CN2CCCn3nc([C@@H](O)CO)cc3C2)cc1CN1CCCC1. The second-order valence-corrected chi connectivity index (χ2v) is 8.18. The van der Waals surface area contributed by atoms with Crippen LogP contribution >= 0.6 is 0 Å². The van der Waals surface area contributed by atoms with Crippen LogP contribution in [-0.2, 0) is 26.2 Å². The first-order valence-electron chi connectivity index (χ1n) is 10.6. The van der Waals surface area contributed by atoms with Crippen molar-refractivity contribution in [3.8, 4) is 5.75 Å². The lowest BCUT2D eigenvalue weighted by Gasteiger charge is -2.22. The number of aliphatic hydroxyl groups is 2. The molecule has 1 saturated heterocycles. The number of aryl methyl sites for hydroxylation is 1. The number of nitrogens with zero attached hydrogens (tertiary/aromatic N) is 4. The van der Waals surface area contributed by atoms with Crippen molar-refractivity contribution in [2.24, 2.45) is 0 Å². The lowest BCUT2D eigenvalue weighted by Crippen LogP contribution is -2.23. The summed E-state index contributed by atoms with van der Waals surface area (Å²) in [5.41, 5.74) is 4.21. The summed E-state index contributed by atoms with van der Waals surface area (Å²) in [6.45, 7) is 6.51. The van der Waals surface area contributed by atoms with E-state index in [-0.39, 0.29) is 6.61 Å². The lowest BCUT2D eigenvalue weighted by atomic mass is 10.1. The molecule has 0 unspecified atom stereocenters. The maximum absolute atomic E-state index is 9.89. The van der Waals surface area contributed by atoms with Crippen LogP contribution in [0.15, 0.2) is 24.3 Å². The fourth-order valence-electron chi connectivity index (χ4n) is 4.44. The molecule has 1 atom stereocenters. The number of fused-ring (bicyclic) bond motifs is 1. The van der Waals surface area contributed by atoms with Gasteiger partial charge in [-0.25, -0.2) is 0 Å². The van der Waals surface area contributed by atoms with Gasteiger partial charge in [-0.05, 0) is 56.1 Å². The van der Waals surface area contributed by atoms with Gasteiger partial charge in [0.05, 0.1) is 25.1 Å². The molecular weight excluding hydrogens is 368 g/mol. The van der Waals surface area contributed by atoms with Gasteiger partial charge >= 0.3 is 0 Å². The largest absolute Gasteiger partial charge is 0.496 e. The van der Waals surface area contributed by atoms with Crippen molar-refractivity contribution in [3.63, 3.8) is 0 Å². The van der Waals surface area contributed by atoms with Crippen LogP contribution in [0.25, 0.3) is 0 Å². The first-order valence-corrected chi connectivity index (χ1v) is 10.6. The topological polar surface area (TPSA) is 74.0 Å². The van der Waals surface area contributed by atoms with Crippen LogP contribution in [0.4, 0.5) is 0 Å². The minimum absolute atomic E-state index is 0.300. The highest BCUT2D eigenvalue weighted by Crippen LogP contribution is 2.25. The molecule has 1 fully saturated rings. The monoisotopic (exact) mass is 400 g/mol. The molecule has 0 amide bonds. The number of rotatable bonds is 7. The number of methoxy groups -OCH3 is 1. The van der Waals surface area contributed by atoms with Crippen LogP contribution in [-0.4, -0.2) is 63.1 Å². The van der Waals surface area contributed by atoms with E-state index in [4.69, 9.17) is 4.74 Å². The number of likely N-dealkylation sites (tertiary alicyclic amines) is 1. The molecule has 1 aromatic carbocycles. The highest BCUT2D eigenvalue weighted by atomic mass is 16.5. The Morgan fingerprint density at radius 2 is 1.83 bits per heavy atom. The Labute approximate surface area is 172 Å². The molecule has 3 heterocycles. The summed E-state index contributed by atoms with van der Waals surface area (Å²) in [5.74, 6) is 0.970. The van der Waals surface area contributed by atoms with Crippen molar-refractivity contribution in [2.75, 3.05) is 33.4 Å². The summed E-state index contributed by atoms with van der Waals surface area (Å²) in [5, 5.41) is 23.6. The zero-order valence-corrected chi connectivity index (χ0v) is 17.3. The third-order valence-electron chi connectivity index (χ3n) is 5.97. The number of hydrogen-bond acceptors (Lipinski definition) is 6. The number of ether oxygens (including phenoxy) is 1. The van der Waals surface area contributed by atoms with Gasteiger partial charge in [0.2, 0.25) is 0 Å². The third kappa shape index (κ3) is 4.80. The molecule has 7 nitrogen and oxygen atoms in total. The molecule has 0 saturated carbocycles. The molecule has 29 heavy (non-hydrogen) atoms. The fraction of sp³-hybridized carbons (Fsp3) is 0.591. The molecule has 2 aliphatic heterocycles. The molecule has 0 radical (unpaired) electrons. The summed E-state index contributed by atoms with van der Waals surface area (Å²) >= 11 is 0. The second kappa shape index (κ2) is 9.26. The second-order valence-electron chi connectivity index (χ2n) is 8.18. The van der Waals surface area contributed by atoms with E-state index in [1.807, 2.05) is 10.7 Å². The van der Waals surface area contributed by atoms with Crippen LogP contribution in [0.3, 0.4) is 0 Å². The minimum Gasteiger partial charge on any atom is -0.496 e. The number of aliphatic hydroxyl groups excluding tert-OH is 2. The molecule has 2 aromatic rings. The van der Waals surface area contributed by atoms with Crippen molar-refractivity contribution >= 4 is 0 Å². The van der Waals surface area contributed by atoms with Gasteiger partial charge in [0.25, 0.3) is 0 Å². The molecule has 0 aliphatic carbocycles. The van der Waals surface area contributed by atoms with E-state index >= 15 is 0 Å². The van der Waals surface area contributed by atoms with Gasteiger partial charge in [0.1, 0.15) is 11.9 Å². The molecule has 158 valence electrons. The zero-order chi connectivity index (χ0) is 20.2. The Bertz CT molecular complexity index is 816. The van der Waals surface area contributed by atoms with Gasteiger partial charge in [-0.1, -0.05) is 6.07 Å². The fourth-order valence-corrected chi connectivity index (χ4v) is 4.44.